The molecule has 1 rings (SSSR count). The van der Waals surface area contributed by atoms with Gasteiger partial charge in [0.1, 0.15) is 5.69 Å². The van der Waals surface area contributed by atoms with Crippen molar-refractivity contribution in [2.24, 2.45) is 0 Å². The van der Waals surface area contributed by atoms with Gasteiger partial charge in [0.2, 0.25) is 0 Å². The highest BCUT2D eigenvalue weighted by molar-refractivity contribution is 5.59. The van der Waals surface area contributed by atoms with Crippen LogP contribution in [0.1, 0.15) is 33.3 Å². The lowest BCUT2D eigenvalue weighted by atomic mass is 10.1. The number of hydrogen-bond acceptors (Lipinski definition) is 3. The number of anilines is 1. The third-order valence-corrected chi connectivity index (χ3v) is 1.55. The SMILES string of the molecule is CC.CC.Nc1ccc(C(F)(F)F)cc1[N+](=O)[O-]. The summed E-state index contributed by atoms with van der Waals surface area (Å²) in [6.45, 7) is 8.00. The topological polar surface area (TPSA) is 69.2 Å². The average Bonchev–Trinajstić information content (AvgIpc) is 2.33. The first-order valence-electron chi connectivity index (χ1n) is 5.43. The summed E-state index contributed by atoms with van der Waals surface area (Å²) in [6.07, 6.45) is -4.60. The standard InChI is InChI=1S/C7H5F3N2O2.2C2H6/c8-7(9,10)4-1-2-5(11)6(3-4)12(13)14;2*1-2/h1-3H,11H2;2*1-2H3. The third-order valence-electron chi connectivity index (χ3n) is 1.55. The van der Waals surface area contributed by atoms with Crippen LogP contribution >= 0.6 is 0 Å². The number of nitrogens with two attached hydrogens (primary N) is 1. The molecule has 0 radical (unpaired) electrons. The van der Waals surface area contributed by atoms with E-state index in [0.29, 0.717) is 12.1 Å². The first-order chi connectivity index (χ1) is 8.32. The highest BCUT2D eigenvalue weighted by Crippen LogP contribution is 2.33. The van der Waals surface area contributed by atoms with E-state index in [1.807, 2.05) is 27.7 Å². The quantitative estimate of drug-likeness (QED) is 0.469. The van der Waals surface area contributed by atoms with Gasteiger partial charge in [-0.3, -0.25) is 10.1 Å². The van der Waals surface area contributed by atoms with Crippen molar-refractivity contribution in [1.82, 2.24) is 0 Å². The van der Waals surface area contributed by atoms with Gasteiger partial charge in [0, 0.05) is 6.07 Å². The molecular weight excluding hydrogens is 249 g/mol. The Morgan fingerprint density at radius 2 is 1.61 bits per heavy atom. The van der Waals surface area contributed by atoms with Gasteiger partial charge in [-0.1, -0.05) is 27.7 Å². The average molecular weight is 266 g/mol. The van der Waals surface area contributed by atoms with Crippen LogP contribution in [0, 0.1) is 10.1 Å². The van der Waals surface area contributed by atoms with Crippen molar-refractivity contribution in [3.05, 3.63) is 33.9 Å². The molecule has 104 valence electrons. The maximum absolute atomic E-state index is 12.1. The molecular formula is C11H17F3N2O2. The van der Waals surface area contributed by atoms with Gasteiger partial charge in [0.05, 0.1) is 10.5 Å². The number of alkyl halides is 3. The molecule has 0 spiro atoms. The minimum Gasteiger partial charge on any atom is -0.393 e. The zero-order chi connectivity index (χ0) is 14.9. The summed E-state index contributed by atoms with van der Waals surface area (Å²) < 4.78 is 36.3. The maximum Gasteiger partial charge on any atom is 0.416 e. The van der Waals surface area contributed by atoms with Crippen molar-refractivity contribution in [3.8, 4) is 0 Å². The van der Waals surface area contributed by atoms with Gasteiger partial charge in [-0.15, -0.1) is 0 Å². The van der Waals surface area contributed by atoms with Crippen molar-refractivity contribution in [3.63, 3.8) is 0 Å². The summed E-state index contributed by atoms with van der Waals surface area (Å²) in [4.78, 5) is 9.31. The summed E-state index contributed by atoms with van der Waals surface area (Å²) in [6, 6.07) is 1.97. The van der Waals surface area contributed by atoms with Crippen LogP contribution in [0.15, 0.2) is 18.2 Å². The largest absolute Gasteiger partial charge is 0.416 e. The Balaban J connectivity index is 0. The lowest BCUT2D eigenvalue weighted by molar-refractivity contribution is -0.384. The second-order valence-electron chi connectivity index (χ2n) is 2.53. The summed E-state index contributed by atoms with van der Waals surface area (Å²) in [5.41, 5.74) is 3.01. The minimum absolute atomic E-state index is 0.289. The number of nitrogens with zero attached hydrogens (tertiary/aromatic N) is 1. The number of benzene rings is 1. The second kappa shape index (κ2) is 8.32. The fourth-order valence-electron chi connectivity index (χ4n) is 0.878. The van der Waals surface area contributed by atoms with Gasteiger partial charge in [0.15, 0.2) is 0 Å². The van der Waals surface area contributed by atoms with E-state index in [2.05, 4.69) is 0 Å². The molecule has 0 unspecified atom stereocenters. The maximum atomic E-state index is 12.1. The Labute approximate surface area is 104 Å². The Hall–Kier alpha value is -1.79. The second-order valence-corrected chi connectivity index (χ2v) is 2.53. The molecule has 0 aliphatic carbocycles. The van der Waals surface area contributed by atoms with E-state index in [1.165, 1.54) is 0 Å². The third kappa shape index (κ3) is 5.51. The molecule has 7 heteroatoms. The van der Waals surface area contributed by atoms with Crippen LogP contribution in [0.3, 0.4) is 0 Å². The molecule has 1 aromatic carbocycles. The molecule has 4 nitrogen and oxygen atoms in total. The van der Waals surface area contributed by atoms with Gasteiger partial charge >= 0.3 is 6.18 Å². The summed E-state index contributed by atoms with van der Waals surface area (Å²) in [5, 5.41) is 10.3. The molecule has 0 heterocycles. The van der Waals surface area contributed by atoms with Gasteiger partial charge < -0.3 is 5.73 Å². The number of halogens is 3. The van der Waals surface area contributed by atoms with E-state index < -0.39 is 22.4 Å². The van der Waals surface area contributed by atoms with E-state index in [4.69, 9.17) is 5.73 Å². The Bertz CT molecular complexity index is 379. The fraction of sp³-hybridized carbons (Fsp3) is 0.455. The normalized spacial score (nSPS) is 9.50. The van der Waals surface area contributed by atoms with Crippen LogP contribution in [0.2, 0.25) is 0 Å². The fourth-order valence-corrected chi connectivity index (χ4v) is 0.878. The monoisotopic (exact) mass is 266 g/mol. The van der Waals surface area contributed by atoms with Crippen LogP contribution in [0.5, 0.6) is 0 Å². The molecule has 0 saturated carbocycles. The molecule has 0 atom stereocenters. The number of nitrogen functional groups attached to an aromatic ring is 1. The lowest BCUT2D eigenvalue weighted by Crippen LogP contribution is -2.06. The number of nitro benzene ring substituents is 1. The Morgan fingerprint density at radius 1 is 1.17 bits per heavy atom. The summed E-state index contributed by atoms with van der Waals surface area (Å²) in [5.74, 6) is 0. The van der Waals surface area contributed by atoms with Gasteiger partial charge in [0.25, 0.3) is 5.69 Å². The van der Waals surface area contributed by atoms with E-state index in [0.717, 1.165) is 6.07 Å². The summed E-state index contributed by atoms with van der Waals surface area (Å²) >= 11 is 0. The highest BCUT2D eigenvalue weighted by atomic mass is 19.4. The highest BCUT2D eigenvalue weighted by Gasteiger charge is 2.32. The Morgan fingerprint density at radius 3 is 1.94 bits per heavy atom. The van der Waals surface area contributed by atoms with Crippen LogP contribution in [0.4, 0.5) is 24.5 Å². The molecule has 0 fully saturated rings. The molecule has 2 N–H and O–H groups in total. The van der Waals surface area contributed by atoms with Gasteiger partial charge in [-0.25, -0.2) is 0 Å². The van der Waals surface area contributed by atoms with Crippen molar-refractivity contribution in [2.75, 3.05) is 5.73 Å². The molecule has 0 aliphatic rings. The molecule has 0 saturated heterocycles. The summed E-state index contributed by atoms with van der Waals surface area (Å²) in [7, 11) is 0. The first-order valence-corrected chi connectivity index (χ1v) is 5.43. The predicted octanol–water partition coefficient (Wildman–Crippen LogP) is 4.25. The molecule has 0 aromatic heterocycles. The molecule has 1 aromatic rings. The van der Waals surface area contributed by atoms with Crippen LogP contribution < -0.4 is 5.73 Å². The number of rotatable bonds is 1. The zero-order valence-electron chi connectivity index (χ0n) is 10.7. The van der Waals surface area contributed by atoms with Crippen LogP contribution in [0.25, 0.3) is 0 Å². The van der Waals surface area contributed by atoms with Crippen LogP contribution in [-0.2, 0) is 6.18 Å². The van der Waals surface area contributed by atoms with E-state index >= 15 is 0 Å². The molecule has 0 aliphatic heterocycles. The lowest BCUT2D eigenvalue weighted by Gasteiger charge is -2.06. The number of hydrogen-bond donors (Lipinski definition) is 1. The van der Waals surface area contributed by atoms with Crippen molar-refractivity contribution >= 4 is 11.4 Å². The Kier molecular flexibility index (Phi) is 8.59. The van der Waals surface area contributed by atoms with Crippen molar-refractivity contribution in [1.29, 1.82) is 0 Å². The van der Waals surface area contributed by atoms with Gasteiger partial charge in [-0.05, 0) is 12.1 Å². The van der Waals surface area contributed by atoms with E-state index in [9.17, 15) is 23.3 Å². The molecule has 0 bridgehead atoms. The molecule has 18 heavy (non-hydrogen) atoms. The van der Waals surface area contributed by atoms with Crippen LogP contribution in [-0.4, -0.2) is 4.92 Å². The van der Waals surface area contributed by atoms with Crippen molar-refractivity contribution < 1.29 is 18.1 Å². The zero-order valence-corrected chi connectivity index (χ0v) is 10.7. The van der Waals surface area contributed by atoms with Gasteiger partial charge in [-0.2, -0.15) is 13.2 Å². The first kappa shape index (κ1) is 18.6. The minimum atomic E-state index is -4.60. The van der Waals surface area contributed by atoms with Crippen molar-refractivity contribution in [2.45, 2.75) is 33.9 Å². The van der Waals surface area contributed by atoms with E-state index in [-0.39, 0.29) is 5.69 Å². The smallest absolute Gasteiger partial charge is 0.393 e. The predicted molar refractivity (Wildman–Crippen MR) is 65.2 cm³/mol. The molecule has 0 amide bonds. The van der Waals surface area contributed by atoms with E-state index in [1.54, 1.807) is 0 Å². The number of nitro groups is 1.